The Morgan fingerprint density at radius 3 is 2.15 bits per heavy atom. The molecule has 0 aliphatic carbocycles. The minimum absolute atomic E-state index is 0.0505. The van der Waals surface area contributed by atoms with Gasteiger partial charge in [-0.3, -0.25) is 29.8 Å². The van der Waals surface area contributed by atoms with Gasteiger partial charge in [-0.1, -0.05) is 6.07 Å². The van der Waals surface area contributed by atoms with Crippen molar-refractivity contribution < 1.29 is 19.4 Å². The van der Waals surface area contributed by atoms with Crippen LogP contribution in [0.25, 0.3) is 0 Å². The van der Waals surface area contributed by atoms with E-state index in [9.17, 15) is 29.8 Å². The third-order valence-electron chi connectivity index (χ3n) is 4.79. The van der Waals surface area contributed by atoms with Crippen LogP contribution in [0.3, 0.4) is 0 Å². The van der Waals surface area contributed by atoms with Gasteiger partial charge in [0.25, 0.3) is 17.3 Å². The lowest BCUT2D eigenvalue weighted by Gasteiger charge is -2.14. The second kappa shape index (κ2) is 10.6. The molecule has 3 aromatic carbocycles. The number of nitrogens with one attached hydrogen (secondary N) is 2. The van der Waals surface area contributed by atoms with Gasteiger partial charge in [-0.05, 0) is 55.8 Å². The third-order valence-corrected chi connectivity index (χ3v) is 5.89. The number of rotatable bonds is 8. The zero-order valence-corrected chi connectivity index (χ0v) is 19.0. The molecule has 0 fully saturated rings. The van der Waals surface area contributed by atoms with Crippen LogP contribution >= 0.6 is 11.8 Å². The number of non-ortho nitro benzene ring substituents is 2. The van der Waals surface area contributed by atoms with E-state index in [2.05, 4.69) is 10.6 Å². The largest absolute Gasteiger partial charge is 0.325 e. The Balaban J connectivity index is 1.63. The molecule has 3 rings (SSSR count). The number of carbonyl (C=O) groups is 2. The first-order valence-corrected chi connectivity index (χ1v) is 10.9. The molecule has 0 radical (unpaired) electrons. The van der Waals surface area contributed by atoms with E-state index in [1.165, 1.54) is 54.2 Å². The van der Waals surface area contributed by atoms with Crippen LogP contribution in [-0.2, 0) is 4.79 Å². The van der Waals surface area contributed by atoms with Gasteiger partial charge < -0.3 is 10.6 Å². The van der Waals surface area contributed by atoms with Gasteiger partial charge >= 0.3 is 0 Å². The van der Waals surface area contributed by atoms with Gasteiger partial charge in [-0.2, -0.15) is 0 Å². The summed E-state index contributed by atoms with van der Waals surface area (Å²) < 4.78 is 0. The normalized spacial score (nSPS) is 11.4. The molecule has 3 aromatic rings. The third kappa shape index (κ3) is 6.17. The Morgan fingerprint density at radius 1 is 0.882 bits per heavy atom. The average molecular weight is 481 g/mol. The summed E-state index contributed by atoms with van der Waals surface area (Å²) >= 11 is 1.28. The van der Waals surface area contributed by atoms with Crippen LogP contribution in [0.1, 0.15) is 22.8 Å². The quantitative estimate of drug-likeness (QED) is 0.257. The van der Waals surface area contributed by atoms with Crippen LogP contribution in [0.5, 0.6) is 0 Å². The first-order chi connectivity index (χ1) is 16.1. The lowest BCUT2D eigenvalue weighted by molar-refractivity contribution is -0.385. The predicted molar refractivity (Wildman–Crippen MR) is 129 cm³/mol. The van der Waals surface area contributed by atoms with Crippen molar-refractivity contribution in [3.8, 4) is 0 Å². The van der Waals surface area contributed by atoms with E-state index in [0.29, 0.717) is 16.9 Å². The summed E-state index contributed by atoms with van der Waals surface area (Å²) in [5, 5.41) is 26.6. The van der Waals surface area contributed by atoms with Crippen LogP contribution < -0.4 is 10.6 Å². The molecule has 174 valence electrons. The highest BCUT2D eigenvalue weighted by molar-refractivity contribution is 8.00. The number of nitro groups is 2. The van der Waals surface area contributed by atoms with Crippen molar-refractivity contribution in [1.82, 2.24) is 0 Å². The van der Waals surface area contributed by atoms with Crippen LogP contribution in [0.2, 0.25) is 0 Å². The van der Waals surface area contributed by atoms with Crippen LogP contribution in [0.15, 0.2) is 71.6 Å². The average Bonchev–Trinajstić information content (AvgIpc) is 2.80. The van der Waals surface area contributed by atoms with E-state index in [1.807, 2.05) is 0 Å². The number of anilines is 2. The summed E-state index contributed by atoms with van der Waals surface area (Å²) in [7, 11) is 0. The SMILES string of the molecule is Cc1cc([N+](=O)[O-])ccc1NC(=O)C(C)Sc1cccc(NC(=O)c2ccc([N+](=O)[O-])cc2)c1. The Bertz CT molecular complexity index is 1260. The van der Waals surface area contributed by atoms with E-state index < -0.39 is 21.0 Å². The van der Waals surface area contributed by atoms with Crippen molar-refractivity contribution in [1.29, 1.82) is 0 Å². The maximum atomic E-state index is 12.6. The van der Waals surface area contributed by atoms with Gasteiger partial charge in [0.15, 0.2) is 0 Å². The highest BCUT2D eigenvalue weighted by atomic mass is 32.2. The Kier molecular flexibility index (Phi) is 7.59. The molecule has 2 amide bonds. The van der Waals surface area contributed by atoms with Crippen molar-refractivity contribution in [3.63, 3.8) is 0 Å². The van der Waals surface area contributed by atoms with Gasteiger partial charge in [-0.25, -0.2) is 0 Å². The Hall–Kier alpha value is -4.25. The van der Waals surface area contributed by atoms with E-state index in [-0.39, 0.29) is 22.8 Å². The molecule has 11 heteroatoms. The second-order valence-electron chi connectivity index (χ2n) is 7.29. The summed E-state index contributed by atoms with van der Waals surface area (Å²) in [6.07, 6.45) is 0. The van der Waals surface area contributed by atoms with E-state index in [0.717, 1.165) is 4.90 Å². The standard InChI is InChI=1S/C23H20N4O6S/c1-14-12-19(27(32)33)10-11-21(14)25-22(28)15(2)34-20-5-3-4-17(13-20)24-23(29)16-6-8-18(9-7-16)26(30)31/h3-13,15H,1-2H3,(H,24,29)(H,25,28). The number of nitrogens with zero attached hydrogens (tertiary/aromatic N) is 2. The summed E-state index contributed by atoms with van der Waals surface area (Å²) in [6, 6.07) is 16.4. The zero-order valence-electron chi connectivity index (χ0n) is 18.2. The molecule has 10 nitrogen and oxygen atoms in total. The minimum Gasteiger partial charge on any atom is -0.325 e. The highest BCUT2D eigenvalue weighted by Crippen LogP contribution is 2.28. The maximum absolute atomic E-state index is 12.6. The molecule has 1 unspecified atom stereocenters. The summed E-state index contributed by atoms with van der Waals surface area (Å²) in [5.74, 6) is -0.696. The van der Waals surface area contributed by atoms with Gasteiger partial charge in [0, 0.05) is 46.1 Å². The fourth-order valence-corrected chi connectivity index (χ4v) is 3.90. The first-order valence-electron chi connectivity index (χ1n) is 10.0. The molecule has 0 saturated carbocycles. The molecule has 0 spiro atoms. The van der Waals surface area contributed by atoms with Crippen molar-refractivity contribution in [3.05, 3.63) is 98.1 Å². The molecule has 0 aliphatic rings. The minimum atomic E-state index is -0.539. The monoisotopic (exact) mass is 480 g/mol. The van der Waals surface area contributed by atoms with E-state index >= 15 is 0 Å². The number of aryl methyl sites for hydroxylation is 1. The lowest BCUT2D eigenvalue weighted by atomic mass is 10.2. The van der Waals surface area contributed by atoms with E-state index in [4.69, 9.17) is 0 Å². The van der Waals surface area contributed by atoms with Crippen LogP contribution in [0, 0.1) is 27.2 Å². The van der Waals surface area contributed by atoms with Crippen LogP contribution in [-0.4, -0.2) is 26.9 Å². The van der Waals surface area contributed by atoms with Crippen molar-refractivity contribution in [2.24, 2.45) is 0 Å². The van der Waals surface area contributed by atoms with Crippen molar-refractivity contribution in [2.45, 2.75) is 24.0 Å². The smallest absolute Gasteiger partial charge is 0.269 e. The van der Waals surface area contributed by atoms with Crippen molar-refractivity contribution in [2.75, 3.05) is 10.6 Å². The number of nitro benzene ring substituents is 2. The molecule has 34 heavy (non-hydrogen) atoms. The fourth-order valence-electron chi connectivity index (χ4n) is 2.98. The maximum Gasteiger partial charge on any atom is 0.269 e. The fraction of sp³-hybridized carbons (Fsp3) is 0.130. The molecule has 0 saturated heterocycles. The van der Waals surface area contributed by atoms with Gasteiger partial charge in [0.05, 0.1) is 15.1 Å². The van der Waals surface area contributed by atoms with Crippen LogP contribution in [0.4, 0.5) is 22.7 Å². The second-order valence-corrected chi connectivity index (χ2v) is 8.71. The molecular weight excluding hydrogens is 460 g/mol. The molecule has 0 aliphatic heterocycles. The number of hydrogen-bond acceptors (Lipinski definition) is 7. The van der Waals surface area contributed by atoms with E-state index in [1.54, 1.807) is 38.1 Å². The number of amides is 2. The van der Waals surface area contributed by atoms with Gasteiger partial charge in [0.2, 0.25) is 5.91 Å². The number of hydrogen-bond donors (Lipinski definition) is 2. The van der Waals surface area contributed by atoms with Gasteiger partial charge in [0.1, 0.15) is 0 Å². The van der Waals surface area contributed by atoms with Crippen molar-refractivity contribution >= 4 is 46.3 Å². The predicted octanol–water partition coefficient (Wildman–Crippen LogP) is 5.18. The number of benzene rings is 3. The Morgan fingerprint density at radius 2 is 1.53 bits per heavy atom. The summed E-state index contributed by atoms with van der Waals surface area (Å²) in [6.45, 7) is 3.40. The molecule has 1 atom stereocenters. The number of carbonyl (C=O) groups excluding carboxylic acids is 2. The lowest BCUT2D eigenvalue weighted by Crippen LogP contribution is -2.22. The molecule has 2 N–H and O–H groups in total. The molecular formula is C23H20N4O6S. The summed E-state index contributed by atoms with van der Waals surface area (Å²) in [4.78, 5) is 46.4. The molecule has 0 heterocycles. The van der Waals surface area contributed by atoms with Gasteiger partial charge in [-0.15, -0.1) is 11.8 Å². The molecule has 0 aromatic heterocycles. The highest BCUT2D eigenvalue weighted by Gasteiger charge is 2.17. The molecule has 0 bridgehead atoms. The summed E-state index contributed by atoms with van der Waals surface area (Å²) in [5.41, 5.74) is 1.70. The zero-order chi connectivity index (χ0) is 24.8. The first kappa shape index (κ1) is 24.4. The Labute approximate surface area is 198 Å². The topological polar surface area (TPSA) is 144 Å². The number of thioether (sulfide) groups is 1.